The van der Waals surface area contributed by atoms with E-state index in [-0.39, 0.29) is 17.2 Å². The van der Waals surface area contributed by atoms with Crippen LogP contribution >= 0.6 is 0 Å². The molecule has 1 aliphatic rings. The van der Waals surface area contributed by atoms with Crippen LogP contribution in [-0.2, 0) is 9.59 Å². The lowest BCUT2D eigenvalue weighted by Crippen LogP contribution is -2.42. The average molecular weight is 227 g/mol. The molecule has 92 valence electrons. The van der Waals surface area contributed by atoms with E-state index in [2.05, 4.69) is 10.6 Å². The molecular formula is C11H21N3O2. The molecule has 2 amide bonds. The van der Waals surface area contributed by atoms with Crippen molar-refractivity contribution in [3.05, 3.63) is 0 Å². The molecule has 0 saturated carbocycles. The van der Waals surface area contributed by atoms with Gasteiger partial charge in [0.2, 0.25) is 11.8 Å². The Morgan fingerprint density at radius 2 is 2.19 bits per heavy atom. The van der Waals surface area contributed by atoms with Gasteiger partial charge in [0.15, 0.2) is 0 Å². The summed E-state index contributed by atoms with van der Waals surface area (Å²) in [5.74, 6) is 0.0933. The summed E-state index contributed by atoms with van der Waals surface area (Å²) in [6.45, 7) is 4.08. The maximum atomic E-state index is 12.1. The molecule has 16 heavy (non-hydrogen) atoms. The van der Waals surface area contributed by atoms with Gasteiger partial charge in [0, 0.05) is 33.6 Å². The van der Waals surface area contributed by atoms with E-state index in [0.717, 1.165) is 19.5 Å². The molecule has 0 aliphatic carbocycles. The zero-order valence-electron chi connectivity index (χ0n) is 10.3. The molecule has 2 N–H and O–H groups in total. The Bertz CT molecular complexity index is 272. The number of rotatable bonds is 4. The summed E-state index contributed by atoms with van der Waals surface area (Å²) in [6, 6.07) is 0. The highest BCUT2D eigenvalue weighted by atomic mass is 16.2. The smallest absolute Gasteiger partial charge is 0.229 e. The van der Waals surface area contributed by atoms with Gasteiger partial charge in [0.25, 0.3) is 0 Å². The molecule has 1 unspecified atom stereocenters. The predicted molar refractivity (Wildman–Crippen MR) is 61.9 cm³/mol. The summed E-state index contributed by atoms with van der Waals surface area (Å²) in [5.41, 5.74) is -0.294. The van der Waals surface area contributed by atoms with Gasteiger partial charge in [-0.2, -0.15) is 0 Å². The lowest BCUT2D eigenvalue weighted by molar-refractivity contribution is -0.139. The number of hydrogen-bond donors (Lipinski definition) is 2. The van der Waals surface area contributed by atoms with E-state index >= 15 is 0 Å². The SMILES string of the molecule is CNC(=O)CCN(C)C(=O)C1(C)CCNC1. The summed E-state index contributed by atoms with van der Waals surface area (Å²) >= 11 is 0. The van der Waals surface area contributed by atoms with Crippen molar-refractivity contribution in [1.82, 2.24) is 15.5 Å². The minimum absolute atomic E-state index is 0.0330. The summed E-state index contributed by atoms with van der Waals surface area (Å²) in [6.07, 6.45) is 1.23. The van der Waals surface area contributed by atoms with Gasteiger partial charge in [-0.1, -0.05) is 0 Å². The Balaban J connectivity index is 2.44. The Hall–Kier alpha value is -1.10. The molecule has 1 rings (SSSR count). The fraction of sp³-hybridized carbons (Fsp3) is 0.818. The molecule has 5 heteroatoms. The van der Waals surface area contributed by atoms with Crippen LogP contribution in [0.2, 0.25) is 0 Å². The van der Waals surface area contributed by atoms with Crippen molar-refractivity contribution in [2.45, 2.75) is 19.8 Å². The monoisotopic (exact) mass is 227 g/mol. The highest BCUT2D eigenvalue weighted by molar-refractivity contribution is 5.83. The molecule has 5 nitrogen and oxygen atoms in total. The maximum absolute atomic E-state index is 12.1. The van der Waals surface area contributed by atoms with Crippen molar-refractivity contribution in [2.24, 2.45) is 5.41 Å². The van der Waals surface area contributed by atoms with E-state index in [9.17, 15) is 9.59 Å². The number of hydrogen-bond acceptors (Lipinski definition) is 3. The molecule has 1 atom stereocenters. The first-order chi connectivity index (χ1) is 7.49. The quantitative estimate of drug-likeness (QED) is 0.686. The molecule has 0 spiro atoms. The van der Waals surface area contributed by atoms with Crippen LogP contribution in [0.3, 0.4) is 0 Å². The second-order valence-electron chi connectivity index (χ2n) is 4.64. The Labute approximate surface area is 96.6 Å². The standard InChI is InChI=1S/C11H21N3O2/c1-11(5-6-13-8-11)10(16)14(3)7-4-9(15)12-2/h13H,4-8H2,1-3H3,(H,12,15). The molecule has 0 aromatic rings. The van der Waals surface area contributed by atoms with E-state index in [4.69, 9.17) is 0 Å². The van der Waals surface area contributed by atoms with Crippen LogP contribution in [0.4, 0.5) is 0 Å². The van der Waals surface area contributed by atoms with Crippen LogP contribution in [0.5, 0.6) is 0 Å². The third kappa shape index (κ3) is 2.95. The Morgan fingerprint density at radius 1 is 1.50 bits per heavy atom. The number of nitrogens with zero attached hydrogens (tertiary/aromatic N) is 1. The lowest BCUT2D eigenvalue weighted by atomic mass is 9.88. The molecule has 1 heterocycles. The van der Waals surface area contributed by atoms with Gasteiger partial charge in [-0.05, 0) is 19.9 Å². The van der Waals surface area contributed by atoms with E-state index in [1.807, 2.05) is 6.92 Å². The third-order valence-electron chi connectivity index (χ3n) is 3.18. The van der Waals surface area contributed by atoms with Gasteiger partial charge in [0.05, 0.1) is 5.41 Å². The highest BCUT2D eigenvalue weighted by Crippen LogP contribution is 2.26. The van der Waals surface area contributed by atoms with Crippen LogP contribution in [0.15, 0.2) is 0 Å². The van der Waals surface area contributed by atoms with Crippen LogP contribution in [0, 0.1) is 5.41 Å². The zero-order valence-corrected chi connectivity index (χ0v) is 10.3. The van der Waals surface area contributed by atoms with E-state index in [0.29, 0.717) is 13.0 Å². The number of amides is 2. The fourth-order valence-corrected chi connectivity index (χ4v) is 1.96. The first-order valence-electron chi connectivity index (χ1n) is 5.66. The molecule has 0 radical (unpaired) electrons. The van der Waals surface area contributed by atoms with Gasteiger partial charge in [-0.3, -0.25) is 9.59 Å². The normalized spacial score (nSPS) is 24.2. The molecule has 1 fully saturated rings. The van der Waals surface area contributed by atoms with E-state index in [1.54, 1.807) is 19.0 Å². The van der Waals surface area contributed by atoms with Gasteiger partial charge < -0.3 is 15.5 Å². The summed E-state index contributed by atoms with van der Waals surface area (Å²) in [4.78, 5) is 24.9. The molecule has 0 bridgehead atoms. The van der Waals surface area contributed by atoms with Crippen molar-refractivity contribution in [2.75, 3.05) is 33.7 Å². The molecule has 1 saturated heterocycles. The van der Waals surface area contributed by atoms with Gasteiger partial charge in [-0.15, -0.1) is 0 Å². The second-order valence-corrected chi connectivity index (χ2v) is 4.64. The van der Waals surface area contributed by atoms with E-state index in [1.165, 1.54) is 0 Å². The largest absolute Gasteiger partial charge is 0.359 e. The van der Waals surface area contributed by atoms with Crippen LogP contribution in [0.1, 0.15) is 19.8 Å². The topological polar surface area (TPSA) is 61.4 Å². The summed E-state index contributed by atoms with van der Waals surface area (Å²) in [7, 11) is 3.36. The van der Waals surface area contributed by atoms with Gasteiger partial charge in [-0.25, -0.2) is 0 Å². The number of carbonyl (C=O) groups is 2. The van der Waals surface area contributed by atoms with Crippen molar-refractivity contribution in [3.8, 4) is 0 Å². The Morgan fingerprint density at radius 3 is 2.69 bits per heavy atom. The van der Waals surface area contributed by atoms with Gasteiger partial charge in [0.1, 0.15) is 0 Å². The average Bonchev–Trinajstić information content (AvgIpc) is 2.72. The first kappa shape index (κ1) is 13.0. The van der Waals surface area contributed by atoms with Crippen molar-refractivity contribution >= 4 is 11.8 Å². The summed E-state index contributed by atoms with van der Waals surface area (Å²) < 4.78 is 0. The van der Waals surface area contributed by atoms with Crippen LogP contribution in [-0.4, -0.2) is 50.4 Å². The highest BCUT2D eigenvalue weighted by Gasteiger charge is 2.38. The third-order valence-corrected chi connectivity index (χ3v) is 3.18. The van der Waals surface area contributed by atoms with Crippen molar-refractivity contribution in [3.63, 3.8) is 0 Å². The zero-order chi connectivity index (χ0) is 12.2. The number of carbonyl (C=O) groups excluding carboxylic acids is 2. The number of nitrogens with one attached hydrogen (secondary N) is 2. The van der Waals surface area contributed by atoms with Crippen LogP contribution in [0.25, 0.3) is 0 Å². The van der Waals surface area contributed by atoms with Crippen molar-refractivity contribution < 1.29 is 9.59 Å². The van der Waals surface area contributed by atoms with Gasteiger partial charge >= 0.3 is 0 Å². The Kier molecular flexibility index (Phi) is 4.29. The van der Waals surface area contributed by atoms with Crippen molar-refractivity contribution in [1.29, 1.82) is 0 Å². The fourth-order valence-electron chi connectivity index (χ4n) is 1.96. The predicted octanol–water partition coefficient (Wildman–Crippen LogP) is -0.419. The molecule has 0 aromatic heterocycles. The van der Waals surface area contributed by atoms with Crippen LogP contribution < -0.4 is 10.6 Å². The lowest BCUT2D eigenvalue weighted by Gasteiger charge is -2.28. The summed E-state index contributed by atoms with van der Waals surface area (Å²) in [5, 5.41) is 5.75. The molecule has 1 aliphatic heterocycles. The minimum Gasteiger partial charge on any atom is -0.359 e. The maximum Gasteiger partial charge on any atom is 0.229 e. The van der Waals surface area contributed by atoms with E-state index < -0.39 is 0 Å². The molecule has 0 aromatic carbocycles. The minimum atomic E-state index is -0.294. The first-order valence-corrected chi connectivity index (χ1v) is 5.66. The molecular weight excluding hydrogens is 206 g/mol. The second kappa shape index (κ2) is 5.30.